The van der Waals surface area contributed by atoms with Crippen molar-refractivity contribution in [1.82, 2.24) is 4.57 Å². The van der Waals surface area contributed by atoms with Gasteiger partial charge in [-0.25, -0.2) is 9.59 Å². The normalized spacial score (nSPS) is 11.1. The number of hydrogen-bond acceptors (Lipinski definition) is 4. The van der Waals surface area contributed by atoms with E-state index in [1.165, 1.54) is 0 Å². The number of nitrogens with zero attached hydrogens (tertiary/aromatic N) is 1. The van der Waals surface area contributed by atoms with E-state index in [2.05, 4.69) is 15.9 Å². The van der Waals surface area contributed by atoms with E-state index in [4.69, 9.17) is 9.15 Å². The molecule has 0 amide bonds. The van der Waals surface area contributed by atoms with E-state index in [1.807, 2.05) is 13.8 Å². The van der Waals surface area contributed by atoms with Gasteiger partial charge >= 0.3 is 11.8 Å². The first-order valence-electron chi connectivity index (χ1n) is 5.47. The maximum atomic E-state index is 11.8. The van der Waals surface area contributed by atoms with Crippen LogP contribution >= 0.6 is 15.9 Å². The number of rotatable bonds is 2. The Bertz CT molecular complexity index is 641. The summed E-state index contributed by atoms with van der Waals surface area (Å²) in [6.07, 6.45) is -0.713. The molecule has 96 valence electrons. The van der Waals surface area contributed by atoms with Gasteiger partial charge in [0, 0.05) is 4.47 Å². The van der Waals surface area contributed by atoms with Crippen LogP contribution in [0.15, 0.2) is 31.9 Å². The molecule has 0 atom stereocenters. The molecule has 2 aromatic rings. The molecule has 0 unspecified atom stereocenters. The van der Waals surface area contributed by atoms with Gasteiger partial charge in [-0.1, -0.05) is 29.8 Å². The fraction of sp³-hybridized carbons (Fsp3) is 0.333. The highest BCUT2D eigenvalue weighted by Gasteiger charge is 2.17. The smallest absolute Gasteiger partial charge is 0.429 e. The number of oxazole rings is 1. The Balaban J connectivity index is 2.41. The Kier molecular flexibility index (Phi) is 3.56. The second-order valence-electron chi connectivity index (χ2n) is 4.29. The fourth-order valence-corrected chi connectivity index (χ4v) is 1.81. The van der Waals surface area contributed by atoms with Crippen LogP contribution in [0.3, 0.4) is 0 Å². The topological polar surface area (TPSA) is 61.4 Å². The molecule has 0 saturated carbocycles. The van der Waals surface area contributed by atoms with Gasteiger partial charge in [0.1, 0.15) is 5.52 Å². The summed E-state index contributed by atoms with van der Waals surface area (Å²) in [5.41, 5.74) is 0.743. The molecular formula is C12H12BrNO4. The average molecular weight is 314 g/mol. The highest BCUT2D eigenvalue weighted by Crippen LogP contribution is 2.19. The molecule has 0 aliphatic heterocycles. The van der Waals surface area contributed by atoms with E-state index in [-0.39, 0.29) is 12.5 Å². The lowest BCUT2D eigenvalue weighted by atomic mass is 10.2. The molecule has 0 radical (unpaired) electrons. The van der Waals surface area contributed by atoms with Crippen molar-refractivity contribution in [3.63, 3.8) is 0 Å². The van der Waals surface area contributed by atoms with Gasteiger partial charge in [-0.2, -0.15) is 4.57 Å². The number of fused-ring (bicyclic) bond motifs is 1. The first-order valence-corrected chi connectivity index (χ1v) is 6.26. The first-order chi connectivity index (χ1) is 8.49. The summed E-state index contributed by atoms with van der Waals surface area (Å²) in [4.78, 5) is 23.4. The van der Waals surface area contributed by atoms with Crippen LogP contribution in [0.5, 0.6) is 0 Å². The van der Waals surface area contributed by atoms with Gasteiger partial charge in [-0.15, -0.1) is 0 Å². The summed E-state index contributed by atoms with van der Waals surface area (Å²) in [6, 6.07) is 4.98. The van der Waals surface area contributed by atoms with E-state index >= 15 is 0 Å². The summed E-state index contributed by atoms with van der Waals surface area (Å²) in [5, 5.41) is 0. The predicted octanol–water partition coefficient (Wildman–Crippen LogP) is 3.00. The minimum absolute atomic E-state index is 0.206. The minimum Gasteiger partial charge on any atom is -0.448 e. The molecule has 0 spiro atoms. The summed E-state index contributed by atoms with van der Waals surface area (Å²) < 4.78 is 11.7. The standard InChI is InChI=1S/C12H12BrNO4/c1-7(2)6-17-11(15)14-9-4-3-8(13)5-10(9)18-12(14)16/h3-5,7H,6H2,1-2H3. The molecule has 0 aliphatic rings. The maximum absolute atomic E-state index is 11.8. The molecular weight excluding hydrogens is 302 g/mol. The van der Waals surface area contributed by atoms with Gasteiger partial charge in [0.05, 0.1) is 6.61 Å². The third-order valence-corrected chi connectivity index (χ3v) is 2.76. The van der Waals surface area contributed by atoms with Crippen molar-refractivity contribution < 1.29 is 13.9 Å². The Morgan fingerprint density at radius 1 is 1.50 bits per heavy atom. The monoisotopic (exact) mass is 313 g/mol. The molecule has 1 aromatic carbocycles. The van der Waals surface area contributed by atoms with Gasteiger partial charge in [0.15, 0.2) is 5.58 Å². The van der Waals surface area contributed by atoms with Crippen LogP contribution in [0.1, 0.15) is 13.8 Å². The Morgan fingerprint density at radius 3 is 2.89 bits per heavy atom. The van der Waals surface area contributed by atoms with Crippen LogP contribution in [0.2, 0.25) is 0 Å². The predicted molar refractivity (Wildman–Crippen MR) is 69.8 cm³/mol. The second kappa shape index (κ2) is 4.97. The zero-order valence-electron chi connectivity index (χ0n) is 9.97. The zero-order chi connectivity index (χ0) is 13.3. The van der Waals surface area contributed by atoms with E-state index in [0.29, 0.717) is 11.1 Å². The van der Waals surface area contributed by atoms with Gasteiger partial charge < -0.3 is 9.15 Å². The molecule has 1 heterocycles. The summed E-state index contributed by atoms with van der Waals surface area (Å²) in [6.45, 7) is 4.09. The van der Waals surface area contributed by atoms with Crippen molar-refractivity contribution >= 4 is 33.1 Å². The quantitative estimate of drug-likeness (QED) is 0.855. The lowest BCUT2D eigenvalue weighted by Crippen LogP contribution is -2.25. The number of carbonyl (C=O) groups excluding carboxylic acids is 1. The van der Waals surface area contributed by atoms with Crippen molar-refractivity contribution in [3.05, 3.63) is 33.2 Å². The molecule has 1 aromatic heterocycles. The Morgan fingerprint density at radius 2 is 2.22 bits per heavy atom. The van der Waals surface area contributed by atoms with Crippen molar-refractivity contribution in [3.8, 4) is 0 Å². The lowest BCUT2D eigenvalue weighted by molar-refractivity contribution is 0.133. The zero-order valence-corrected chi connectivity index (χ0v) is 11.6. The highest BCUT2D eigenvalue weighted by atomic mass is 79.9. The molecule has 0 N–H and O–H groups in total. The third kappa shape index (κ3) is 2.48. The number of carbonyl (C=O) groups is 1. The first kappa shape index (κ1) is 12.9. The van der Waals surface area contributed by atoms with Crippen molar-refractivity contribution in [2.24, 2.45) is 5.92 Å². The summed E-state index contributed by atoms with van der Waals surface area (Å²) in [5.74, 6) is -0.534. The van der Waals surface area contributed by atoms with Gasteiger partial charge in [0.25, 0.3) is 0 Å². The van der Waals surface area contributed by atoms with Gasteiger partial charge in [-0.05, 0) is 24.1 Å². The number of aromatic nitrogens is 1. The summed E-state index contributed by atoms with van der Waals surface area (Å²) >= 11 is 3.27. The lowest BCUT2D eigenvalue weighted by Gasteiger charge is -2.06. The minimum atomic E-state index is -0.739. The molecule has 0 aliphatic carbocycles. The molecule has 6 heteroatoms. The molecule has 2 rings (SSSR count). The molecule has 5 nitrogen and oxygen atoms in total. The maximum Gasteiger partial charge on any atom is 0.429 e. The summed E-state index contributed by atoms with van der Waals surface area (Å²) in [7, 11) is 0. The number of halogens is 1. The molecule has 0 saturated heterocycles. The van der Waals surface area contributed by atoms with Crippen molar-refractivity contribution in [2.45, 2.75) is 13.8 Å². The van der Waals surface area contributed by atoms with Gasteiger partial charge in [-0.3, -0.25) is 0 Å². The van der Waals surface area contributed by atoms with E-state index in [0.717, 1.165) is 9.04 Å². The largest absolute Gasteiger partial charge is 0.448 e. The number of hydrogen-bond donors (Lipinski definition) is 0. The highest BCUT2D eigenvalue weighted by molar-refractivity contribution is 9.10. The average Bonchev–Trinajstić information content (AvgIpc) is 2.61. The third-order valence-electron chi connectivity index (χ3n) is 2.27. The van der Waals surface area contributed by atoms with Crippen LogP contribution < -0.4 is 5.76 Å². The van der Waals surface area contributed by atoms with E-state index < -0.39 is 11.8 Å². The molecule has 0 fully saturated rings. The fourth-order valence-electron chi connectivity index (χ4n) is 1.47. The molecule has 0 bridgehead atoms. The number of ether oxygens (including phenoxy) is 1. The van der Waals surface area contributed by atoms with Gasteiger partial charge in [0.2, 0.25) is 0 Å². The van der Waals surface area contributed by atoms with Crippen LogP contribution in [0.25, 0.3) is 11.1 Å². The second-order valence-corrected chi connectivity index (χ2v) is 5.20. The van der Waals surface area contributed by atoms with Crippen LogP contribution in [0.4, 0.5) is 4.79 Å². The van der Waals surface area contributed by atoms with Crippen LogP contribution in [-0.2, 0) is 4.74 Å². The van der Waals surface area contributed by atoms with Crippen LogP contribution in [0, 0.1) is 5.92 Å². The SMILES string of the molecule is CC(C)COC(=O)n1c(=O)oc2cc(Br)ccc21. The Hall–Kier alpha value is -1.56. The van der Waals surface area contributed by atoms with E-state index in [9.17, 15) is 9.59 Å². The Labute approximate surface area is 111 Å². The van der Waals surface area contributed by atoms with E-state index in [1.54, 1.807) is 18.2 Å². The van der Waals surface area contributed by atoms with Crippen molar-refractivity contribution in [1.29, 1.82) is 0 Å². The number of benzene rings is 1. The molecule has 18 heavy (non-hydrogen) atoms. The van der Waals surface area contributed by atoms with Crippen molar-refractivity contribution in [2.75, 3.05) is 6.61 Å². The van der Waals surface area contributed by atoms with Crippen LogP contribution in [-0.4, -0.2) is 17.3 Å².